The number of hydrogen-bond donors (Lipinski definition) is 0. The Balaban J connectivity index is 1.67. The molecule has 0 nitrogen and oxygen atoms in total. The molecule has 0 spiro atoms. The van der Waals surface area contributed by atoms with Gasteiger partial charge in [0.05, 0.1) is 5.38 Å². The SMILES string of the molecule is CCCCc1ccc(C(Cl)C2Cc3ccccc3C2)cc1. The van der Waals surface area contributed by atoms with Crippen molar-refractivity contribution < 1.29 is 0 Å². The highest BCUT2D eigenvalue weighted by molar-refractivity contribution is 6.21. The van der Waals surface area contributed by atoms with E-state index in [1.165, 1.54) is 41.5 Å². The highest BCUT2D eigenvalue weighted by Gasteiger charge is 2.28. The number of fused-ring (bicyclic) bond motifs is 1. The Labute approximate surface area is 133 Å². The number of halogens is 1. The van der Waals surface area contributed by atoms with Gasteiger partial charge < -0.3 is 0 Å². The molecule has 2 aromatic rings. The molecule has 3 rings (SSSR count). The molecular formula is C20H23Cl. The molecule has 1 unspecified atom stereocenters. The maximum absolute atomic E-state index is 6.76. The summed E-state index contributed by atoms with van der Waals surface area (Å²) >= 11 is 6.76. The van der Waals surface area contributed by atoms with E-state index in [0.29, 0.717) is 5.92 Å². The summed E-state index contributed by atoms with van der Waals surface area (Å²) in [6.07, 6.45) is 5.92. The van der Waals surface area contributed by atoms with Crippen LogP contribution in [-0.4, -0.2) is 0 Å². The first-order valence-electron chi connectivity index (χ1n) is 8.07. The van der Waals surface area contributed by atoms with E-state index in [1.54, 1.807) is 0 Å². The summed E-state index contributed by atoms with van der Waals surface area (Å²) < 4.78 is 0. The second kappa shape index (κ2) is 6.66. The predicted molar refractivity (Wildman–Crippen MR) is 91.0 cm³/mol. The van der Waals surface area contributed by atoms with E-state index in [9.17, 15) is 0 Å². The monoisotopic (exact) mass is 298 g/mol. The lowest BCUT2D eigenvalue weighted by Crippen LogP contribution is -2.08. The van der Waals surface area contributed by atoms with Crippen molar-refractivity contribution in [1.29, 1.82) is 0 Å². The highest BCUT2D eigenvalue weighted by atomic mass is 35.5. The zero-order valence-electron chi connectivity index (χ0n) is 12.7. The summed E-state index contributed by atoms with van der Waals surface area (Å²) in [4.78, 5) is 0. The number of alkyl halides is 1. The molecule has 2 aromatic carbocycles. The Kier molecular flexibility index (Phi) is 4.65. The van der Waals surface area contributed by atoms with Crippen molar-refractivity contribution in [2.45, 2.75) is 44.4 Å². The molecule has 110 valence electrons. The molecule has 0 bridgehead atoms. The lowest BCUT2D eigenvalue weighted by atomic mass is 9.95. The average Bonchev–Trinajstić information content (AvgIpc) is 2.96. The van der Waals surface area contributed by atoms with Crippen molar-refractivity contribution in [3.8, 4) is 0 Å². The third-order valence-electron chi connectivity index (χ3n) is 4.61. The van der Waals surface area contributed by atoms with Crippen LogP contribution in [0.4, 0.5) is 0 Å². The molecule has 0 heterocycles. The molecule has 0 radical (unpaired) electrons. The van der Waals surface area contributed by atoms with Gasteiger partial charge in [-0.1, -0.05) is 61.9 Å². The van der Waals surface area contributed by atoms with Crippen molar-refractivity contribution >= 4 is 11.6 Å². The molecular weight excluding hydrogens is 276 g/mol. The average molecular weight is 299 g/mol. The van der Waals surface area contributed by atoms with Crippen LogP contribution in [0.25, 0.3) is 0 Å². The van der Waals surface area contributed by atoms with Gasteiger partial charge in [-0.3, -0.25) is 0 Å². The Morgan fingerprint density at radius 3 is 2.19 bits per heavy atom. The minimum absolute atomic E-state index is 0.123. The van der Waals surface area contributed by atoms with Crippen molar-refractivity contribution in [3.05, 3.63) is 70.8 Å². The van der Waals surface area contributed by atoms with Crippen LogP contribution in [-0.2, 0) is 19.3 Å². The van der Waals surface area contributed by atoms with E-state index in [2.05, 4.69) is 55.5 Å². The Bertz CT molecular complexity index is 560. The Morgan fingerprint density at radius 2 is 1.62 bits per heavy atom. The van der Waals surface area contributed by atoms with Crippen molar-refractivity contribution in [2.75, 3.05) is 0 Å². The molecule has 1 aliphatic carbocycles. The fourth-order valence-electron chi connectivity index (χ4n) is 3.32. The molecule has 21 heavy (non-hydrogen) atoms. The summed E-state index contributed by atoms with van der Waals surface area (Å²) in [7, 11) is 0. The molecule has 0 saturated carbocycles. The standard InChI is InChI=1S/C20H23Cl/c1-2-3-6-15-9-11-16(12-10-15)20(21)19-13-17-7-4-5-8-18(17)14-19/h4-5,7-12,19-20H,2-3,6,13-14H2,1H3. The number of aryl methyl sites for hydroxylation is 1. The third-order valence-corrected chi connectivity index (χ3v) is 5.22. The van der Waals surface area contributed by atoms with Gasteiger partial charge in [-0.05, 0) is 53.9 Å². The van der Waals surface area contributed by atoms with Gasteiger partial charge in [0, 0.05) is 0 Å². The van der Waals surface area contributed by atoms with Gasteiger partial charge in [0.1, 0.15) is 0 Å². The van der Waals surface area contributed by atoms with E-state index in [0.717, 1.165) is 12.8 Å². The third kappa shape index (κ3) is 3.32. The van der Waals surface area contributed by atoms with Gasteiger partial charge in [0.25, 0.3) is 0 Å². The smallest absolute Gasteiger partial charge is 0.0619 e. The summed E-state index contributed by atoms with van der Waals surface area (Å²) in [6.45, 7) is 2.24. The van der Waals surface area contributed by atoms with E-state index in [-0.39, 0.29) is 5.38 Å². The fraction of sp³-hybridized carbons (Fsp3) is 0.400. The van der Waals surface area contributed by atoms with Crippen LogP contribution >= 0.6 is 11.6 Å². The Morgan fingerprint density at radius 1 is 1.00 bits per heavy atom. The van der Waals surface area contributed by atoms with Crippen LogP contribution in [0.1, 0.15) is 47.4 Å². The maximum atomic E-state index is 6.76. The van der Waals surface area contributed by atoms with Crippen LogP contribution in [0.15, 0.2) is 48.5 Å². The lowest BCUT2D eigenvalue weighted by Gasteiger charge is -2.17. The topological polar surface area (TPSA) is 0 Å². The van der Waals surface area contributed by atoms with Gasteiger partial charge in [0.2, 0.25) is 0 Å². The Hall–Kier alpha value is -1.27. The molecule has 0 aliphatic heterocycles. The van der Waals surface area contributed by atoms with Crippen LogP contribution < -0.4 is 0 Å². The van der Waals surface area contributed by atoms with Crippen molar-refractivity contribution in [1.82, 2.24) is 0 Å². The number of hydrogen-bond acceptors (Lipinski definition) is 0. The summed E-state index contributed by atoms with van der Waals surface area (Å²) in [5.74, 6) is 0.533. The highest BCUT2D eigenvalue weighted by Crippen LogP contribution is 2.39. The van der Waals surface area contributed by atoms with Crippen LogP contribution in [0, 0.1) is 5.92 Å². The summed E-state index contributed by atoms with van der Waals surface area (Å²) in [5, 5.41) is 0.123. The number of unbranched alkanes of at least 4 members (excludes halogenated alkanes) is 1. The molecule has 1 aliphatic rings. The quantitative estimate of drug-likeness (QED) is 0.619. The summed E-state index contributed by atoms with van der Waals surface area (Å²) in [5.41, 5.74) is 5.66. The lowest BCUT2D eigenvalue weighted by molar-refractivity contribution is 0.541. The number of benzene rings is 2. The molecule has 0 fully saturated rings. The molecule has 0 N–H and O–H groups in total. The van der Waals surface area contributed by atoms with Gasteiger partial charge in [-0.25, -0.2) is 0 Å². The van der Waals surface area contributed by atoms with E-state index >= 15 is 0 Å². The number of rotatable bonds is 5. The van der Waals surface area contributed by atoms with Crippen molar-refractivity contribution in [2.24, 2.45) is 5.92 Å². The van der Waals surface area contributed by atoms with E-state index in [1.807, 2.05) is 0 Å². The van der Waals surface area contributed by atoms with E-state index < -0.39 is 0 Å². The predicted octanol–water partition coefficient (Wildman–Crippen LogP) is 5.72. The van der Waals surface area contributed by atoms with Crippen LogP contribution in [0.2, 0.25) is 0 Å². The maximum Gasteiger partial charge on any atom is 0.0619 e. The second-order valence-electron chi connectivity index (χ2n) is 6.18. The zero-order valence-corrected chi connectivity index (χ0v) is 13.4. The molecule has 0 saturated heterocycles. The molecule has 0 amide bonds. The minimum atomic E-state index is 0.123. The van der Waals surface area contributed by atoms with E-state index in [4.69, 9.17) is 11.6 Å². The molecule has 0 aromatic heterocycles. The van der Waals surface area contributed by atoms with Gasteiger partial charge in [-0.15, -0.1) is 11.6 Å². The first-order chi connectivity index (χ1) is 10.3. The largest absolute Gasteiger partial charge is 0.117 e. The van der Waals surface area contributed by atoms with Crippen molar-refractivity contribution in [3.63, 3.8) is 0 Å². The van der Waals surface area contributed by atoms with Gasteiger partial charge in [0.15, 0.2) is 0 Å². The first kappa shape index (κ1) is 14.7. The van der Waals surface area contributed by atoms with Gasteiger partial charge in [-0.2, -0.15) is 0 Å². The second-order valence-corrected chi connectivity index (χ2v) is 6.65. The van der Waals surface area contributed by atoms with Crippen LogP contribution in [0.3, 0.4) is 0 Å². The van der Waals surface area contributed by atoms with Gasteiger partial charge >= 0.3 is 0 Å². The summed E-state index contributed by atoms with van der Waals surface area (Å²) in [6, 6.07) is 17.7. The minimum Gasteiger partial charge on any atom is -0.117 e. The first-order valence-corrected chi connectivity index (χ1v) is 8.51. The normalized spacial score (nSPS) is 15.9. The zero-order chi connectivity index (χ0) is 14.7. The van der Waals surface area contributed by atoms with Crippen LogP contribution in [0.5, 0.6) is 0 Å². The molecule has 1 atom stereocenters. The molecule has 1 heteroatoms. The fourth-order valence-corrected chi connectivity index (χ4v) is 3.64.